The van der Waals surface area contributed by atoms with Crippen molar-refractivity contribution in [2.24, 2.45) is 0 Å². The first-order valence-electron chi connectivity index (χ1n) is 11.6. The summed E-state index contributed by atoms with van der Waals surface area (Å²) in [6, 6.07) is 11.3. The van der Waals surface area contributed by atoms with Gasteiger partial charge in [-0.1, -0.05) is 19.1 Å². The number of carbonyl (C=O) groups excluding carboxylic acids is 1. The second-order valence-electron chi connectivity index (χ2n) is 8.55. The van der Waals surface area contributed by atoms with Gasteiger partial charge >= 0.3 is 6.18 Å². The van der Waals surface area contributed by atoms with Crippen molar-refractivity contribution in [1.82, 2.24) is 24.7 Å². The summed E-state index contributed by atoms with van der Waals surface area (Å²) in [6.07, 6.45) is -2.49. The fourth-order valence-corrected chi connectivity index (χ4v) is 3.76. The molecule has 0 aliphatic carbocycles. The highest BCUT2D eigenvalue weighted by Crippen LogP contribution is 2.30. The number of carbonyl (C=O) groups is 1. The molecular formula is C26H26F3N7O. The van der Waals surface area contributed by atoms with Gasteiger partial charge in [0.1, 0.15) is 23.7 Å². The molecule has 0 unspecified atom stereocenters. The van der Waals surface area contributed by atoms with Gasteiger partial charge in [-0.05, 0) is 49.6 Å². The molecule has 37 heavy (non-hydrogen) atoms. The van der Waals surface area contributed by atoms with Crippen molar-refractivity contribution in [3.8, 4) is 5.82 Å². The summed E-state index contributed by atoms with van der Waals surface area (Å²) in [6.45, 7) is 5.79. The minimum atomic E-state index is -4.66. The Morgan fingerprint density at radius 2 is 1.84 bits per heavy atom. The molecule has 3 heterocycles. The van der Waals surface area contributed by atoms with Crippen molar-refractivity contribution in [2.75, 3.05) is 17.7 Å². The number of nitrogens with one attached hydrogen (secondary N) is 2. The average molecular weight is 510 g/mol. The van der Waals surface area contributed by atoms with Crippen LogP contribution in [0.25, 0.3) is 5.82 Å². The number of hydrogen-bond acceptors (Lipinski definition) is 7. The fraction of sp³-hybridized carbons (Fsp3) is 0.269. The van der Waals surface area contributed by atoms with Crippen LogP contribution < -0.4 is 10.6 Å². The molecule has 1 aromatic carbocycles. The van der Waals surface area contributed by atoms with Gasteiger partial charge in [0.05, 0.1) is 5.69 Å². The smallest absolute Gasteiger partial charge is 0.373 e. The number of alkyl halides is 3. The van der Waals surface area contributed by atoms with E-state index < -0.39 is 17.7 Å². The first-order chi connectivity index (χ1) is 17.6. The van der Waals surface area contributed by atoms with Crippen LogP contribution in [0.1, 0.15) is 45.5 Å². The van der Waals surface area contributed by atoms with E-state index in [4.69, 9.17) is 0 Å². The molecule has 192 valence electrons. The van der Waals surface area contributed by atoms with E-state index in [0.717, 1.165) is 35.1 Å². The van der Waals surface area contributed by atoms with Crippen LogP contribution in [-0.2, 0) is 19.0 Å². The predicted molar refractivity (Wildman–Crippen MR) is 135 cm³/mol. The molecule has 0 fully saturated rings. The van der Waals surface area contributed by atoms with Gasteiger partial charge in [-0.3, -0.25) is 4.79 Å². The molecule has 0 saturated carbocycles. The molecule has 3 aromatic heterocycles. The van der Waals surface area contributed by atoms with Crippen molar-refractivity contribution >= 4 is 23.1 Å². The maximum atomic E-state index is 13.3. The van der Waals surface area contributed by atoms with Gasteiger partial charge in [-0.15, -0.1) is 0 Å². The molecule has 0 aliphatic heterocycles. The Morgan fingerprint density at radius 3 is 2.54 bits per heavy atom. The van der Waals surface area contributed by atoms with E-state index in [1.54, 1.807) is 10.7 Å². The number of halogens is 3. The van der Waals surface area contributed by atoms with Crippen LogP contribution in [0.15, 0.2) is 48.8 Å². The highest BCUT2D eigenvalue weighted by molar-refractivity contribution is 5.98. The normalized spacial score (nSPS) is 11.4. The van der Waals surface area contributed by atoms with Gasteiger partial charge in [0, 0.05) is 42.5 Å². The van der Waals surface area contributed by atoms with Crippen LogP contribution in [0.4, 0.5) is 30.5 Å². The molecule has 0 spiro atoms. The van der Waals surface area contributed by atoms with Gasteiger partial charge in [0.2, 0.25) is 0 Å². The molecule has 0 aliphatic rings. The number of aromatic nitrogens is 5. The maximum Gasteiger partial charge on any atom is 0.433 e. The summed E-state index contributed by atoms with van der Waals surface area (Å²) in [5.41, 5.74) is 2.78. The van der Waals surface area contributed by atoms with Crippen LogP contribution in [-0.4, -0.2) is 37.6 Å². The Labute approximate surface area is 212 Å². The first-order valence-corrected chi connectivity index (χ1v) is 11.6. The Morgan fingerprint density at radius 1 is 1.05 bits per heavy atom. The second kappa shape index (κ2) is 10.4. The molecular weight excluding hydrogens is 483 g/mol. The number of benzene rings is 1. The summed E-state index contributed by atoms with van der Waals surface area (Å²) in [5, 5.41) is 10.5. The van der Waals surface area contributed by atoms with Crippen LogP contribution in [0.5, 0.6) is 0 Å². The number of anilines is 3. The number of Topliss-reactive ketones (excluding diaryl/α,β-unsaturated/α-hetero) is 1. The predicted octanol–water partition coefficient (Wildman–Crippen LogP) is 5.47. The van der Waals surface area contributed by atoms with E-state index >= 15 is 0 Å². The van der Waals surface area contributed by atoms with Crippen LogP contribution in [0, 0.1) is 13.8 Å². The zero-order valence-corrected chi connectivity index (χ0v) is 20.8. The minimum absolute atomic E-state index is 0.0241. The molecule has 0 saturated heterocycles. The van der Waals surface area contributed by atoms with Crippen molar-refractivity contribution in [3.05, 3.63) is 82.6 Å². The first kappa shape index (κ1) is 25.8. The molecule has 8 nitrogen and oxygen atoms in total. The molecule has 0 atom stereocenters. The molecule has 4 rings (SSSR count). The number of aryl methyl sites for hydroxylation is 3. The van der Waals surface area contributed by atoms with E-state index in [-0.39, 0.29) is 17.8 Å². The average Bonchev–Trinajstić information content (AvgIpc) is 3.25. The Balaban J connectivity index is 1.61. The number of ketones is 1. The summed E-state index contributed by atoms with van der Waals surface area (Å²) in [4.78, 5) is 25.0. The number of pyridine rings is 1. The van der Waals surface area contributed by atoms with E-state index in [0.29, 0.717) is 17.2 Å². The number of nitrogens with zero attached hydrogens (tertiary/aromatic N) is 5. The van der Waals surface area contributed by atoms with Gasteiger partial charge < -0.3 is 10.6 Å². The minimum Gasteiger partial charge on any atom is -0.373 e. The van der Waals surface area contributed by atoms with Gasteiger partial charge in [-0.25, -0.2) is 15.0 Å². The van der Waals surface area contributed by atoms with Gasteiger partial charge in [0.25, 0.3) is 0 Å². The maximum absolute atomic E-state index is 13.3. The molecule has 4 aromatic rings. The third-order valence-corrected chi connectivity index (χ3v) is 5.74. The quantitative estimate of drug-likeness (QED) is 0.304. The Kier molecular flexibility index (Phi) is 7.23. The van der Waals surface area contributed by atoms with Crippen molar-refractivity contribution < 1.29 is 18.0 Å². The molecule has 0 bridgehead atoms. The summed E-state index contributed by atoms with van der Waals surface area (Å²) < 4.78 is 41.4. The summed E-state index contributed by atoms with van der Waals surface area (Å²) in [5.74, 6) is 0.814. The lowest BCUT2D eigenvalue weighted by Gasteiger charge is -2.14. The third-order valence-electron chi connectivity index (χ3n) is 5.74. The number of rotatable bonds is 8. The highest BCUT2D eigenvalue weighted by Gasteiger charge is 2.33. The zero-order valence-electron chi connectivity index (χ0n) is 20.8. The summed E-state index contributed by atoms with van der Waals surface area (Å²) >= 11 is 0. The third kappa shape index (κ3) is 5.93. The fourth-order valence-electron chi connectivity index (χ4n) is 3.76. The number of hydrogen-bond donors (Lipinski definition) is 2. The second-order valence-corrected chi connectivity index (χ2v) is 8.55. The van der Waals surface area contributed by atoms with Crippen molar-refractivity contribution in [1.29, 1.82) is 0 Å². The van der Waals surface area contributed by atoms with Gasteiger partial charge in [0.15, 0.2) is 11.6 Å². The standard InChI is InChI=1S/C26H26F3N7O/c1-5-19-13-24(32-14-31-19)36-25(8-16(3)35-36)33-20-9-17(7-6-15(20)2)10-21(37)18-11-22(26(27,28)29)34-23(12-18)30-4/h6-9,11-14,33H,5,10H2,1-4H3,(H,30,34). The van der Waals surface area contributed by atoms with E-state index in [1.165, 1.54) is 19.4 Å². The SMILES string of the molecule is CCc1cc(-n2nc(C)cc2Nc2cc(CC(=O)c3cc(NC)nc(C(F)(F)F)c3)ccc2C)ncn1. The van der Waals surface area contributed by atoms with Crippen LogP contribution in [0.3, 0.4) is 0 Å². The van der Waals surface area contributed by atoms with E-state index in [9.17, 15) is 18.0 Å². The topological polar surface area (TPSA) is 97.6 Å². The highest BCUT2D eigenvalue weighted by atomic mass is 19.4. The largest absolute Gasteiger partial charge is 0.433 e. The van der Waals surface area contributed by atoms with Crippen molar-refractivity contribution in [3.63, 3.8) is 0 Å². The lowest BCUT2D eigenvalue weighted by atomic mass is 10.0. The molecule has 0 amide bonds. The summed E-state index contributed by atoms with van der Waals surface area (Å²) in [7, 11) is 1.45. The monoisotopic (exact) mass is 509 g/mol. The zero-order chi connectivity index (χ0) is 26.7. The Bertz CT molecular complexity index is 1450. The van der Waals surface area contributed by atoms with Crippen molar-refractivity contribution in [2.45, 2.75) is 39.8 Å². The molecule has 0 radical (unpaired) electrons. The Hall–Kier alpha value is -4.28. The van der Waals surface area contributed by atoms with E-state index in [1.807, 2.05) is 45.0 Å². The molecule has 11 heteroatoms. The lowest BCUT2D eigenvalue weighted by Crippen LogP contribution is -2.13. The molecule has 2 N–H and O–H groups in total. The lowest BCUT2D eigenvalue weighted by molar-refractivity contribution is -0.141. The van der Waals surface area contributed by atoms with Gasteiger partial charge in [-0.2, -0.15) is 23.0 Å². The van der Waals surface area contributed by atoms with Crippen LogP contribution in [0.2, 0.25) is 0 Å². The van der Waals surface area contributed by atoms with E-state index in [2.05, 4.69) is 30.7 Å². The van der Waals surface area contributed by atoms with Crippen LogP contribution >= 0.6 is 0 Å².